The van der Waals surface area contributed by atoms with E-state index in [9.17, 15) is 13.2 Å². The van der Waals surface area contributed by atoms with Gasteiger partial charge < -0.3 is 10.4 Å². The van der Waals surface area contributed by atoms with Crippen molar-refractivity contribution in [3.63, 3.8) is 0 Å². The van der Waals surface area contributed by atoms with Gasteiger partial charge in [-0.15, -0.1) is 5.10 Å². The van der Waals surface area contributed by atoms with E-state index in [2.05, 4.69) is 15.5 Å². The number of nitrogens with one attached hydrogen (secondary N) is 1. The highest BCUT2D eigenvalue weighted by molar-refractivity contribution is 7.90. The average molecular weight is 259 g/mol. The molecule has 0 saturated heterocycles. The van der Waals surface area contributed by atoms with Crippen LogP contribution < -0.4 is 5.32 Å². The largest absolute Gasteiger partial charge is 0.478 e. The molecule has 0 unspecified atom stereocenters. The standard InChI is InChI=1S/C9H13N3O4S/c1-17(15,16)6-2-4-10-8-7(9(13)14)3-5-11-12-8/h3,5H,2,4,6H2,1H3,(H,10,12)(H,13,14). The topological polar surface area (TPSA) is 109 Å². The molecule has 1 aromatic rings. The van der Waals surface area contributed by atoms with Crippen molar-refractivity contribution in [2.24, 2.45) is 0 Å². The van der Waals surface area contributed by atoms with Crippen LogP contribution in [0.25, 0.3) is 0 Å². The first-order valence-corrected chi connectivity index (χ1v) is 6.93. The first-order chi connectivity index (χ1) is 7.90. The van der Waals surface area contributed by atoms with Crippen LogP contribution in [0.15, 0.2) is 12.3 Å². The van der Waals surface area contributed by atoms with Crippen molar-refractivity contribution in [3.05, 3.63) is 17.8 Å². The lowest BCUT2D eigenvalue weighted by atomic mass is 10.3. The number of aromatic carboxylic acids is 1. The van der Waals surface area contributed by atoms with Gasteiger partial charge in [-0.25, -0.2) is 13.2 Å². The summed E-state index contributed by atoms with van der Waals surface area (Å²) in [5.41, 5.74) is 0.0133. The van der Waals surface area contributed by atoms with Crippen LogP contribution >= 0.6 is 0 Å². The molecule has 0 bridgehead atoms. The number of hydrogen-bond acceptors (Lipinski definition) is 6. The van der Waals surface area contributed by atoms with Gasteiger partial charge >= 0.3 is 5.97 Å². The van der Waals surface area contributed by atoms with E-state index in [1.165, 1.54) is 12.3 Å². The molecule has 0 aliphatic carbocycles. The lowest BCUT2D eigenvalue weighted by molar-refractivity contribution is 0.0697. The van der Waals surface area contributed by atoms with E-state index in [1.54, 1.807) is 0 Å². The molecule has 7 nitrogen and oxygen atoms in total. The molecule has 17 heavy (non-hydrogen) atoms. The Hall–Kier alpha value is -1.70. The van der Waals surface area contributed by atoms with Gasteiger partial charge in [0.2, 0.25) is 0 Å². The molecule has 0 saturated carbocycles. The molecule has 1 rings (SSSR count). The third-order valence-corrected chi connectivity index (χ3v) is 2.97. The van der Waals surface area contributed by atoms with Crippen LogP contribution in [0.4, 0.5) is 5.82 Å². The summed E-state index contributed by atoms with van der Waals surface area (Å²) in [7, 11) is -3.00. The van der Waals surface area contributed by atoms with E-state index in [-0.39, 0.29) is 17.1 Å². The van der Waals surface area contributed by atoms with Gasteiger partial charge in [-0.05, 0) is 12.5 Å². The first kappa shape index (κ1) is 13.4. The molecule has 0 spiro atoms. The van der Waals surface area contributed by atoms with Gasteiger partial charge in [-0.2, -0.15) is 5.10 Å². The molecule has 94 valence electrons. The van der Waals surface area contributed by atoms with Gasteiger partial charge in [-0.1, -0.05) is 0 Å². The molecule has 0 fully saturated rings. The number of carboxylic acids is 1. The van der Waals surface area contributed by atoms with Crippen LogP contribution in [0.2, 0.25) is 0 Å². The number of carbonyl (C=O) groups is 1. The second-order valence-electron chi connectivity index (χ2n) is 3.51. The van der Waals surface area contributed by atoms with Gasteiger partial charge in [0.15, 0.2) is 5.82 Å². The Morgan fingerprint density at radius 2 is 2.24 bits per heavy atom. The molecule has 0 aliphatic heterocycles. The van der Waals surface area contributed by atoms with E-state index >= 15 is 0 Å². The van der Waals surface area contributed by atoms with Gasteiger partial charge in [0, 0.05) is 12.8 Å². The fourth-order valence-electron chi connectivity index (χ4n) is 1.18. The van der Waals surface area contributed by atoms with E-state index in [4.69, 9.17) is 5.11 Å². The molecule has 8 heteroatoms. The Balaban J connectivity index is 2.55. The van der Waals surface area contributed by atoms with E-state index in [0.717, 1.165) is 6.26 Å². The number of rotatable bonds is 6. The smallest absolute Gasteiger partial charge is 0.339 e. The zero-order valence-corrected chi connectivity index (χ0v) is 10.1. The number of carboxylic acid groups (broad SMARTS) is 1. The van der Waals surface area contributed by atoms with Crippen LogP contribution in [0, 0.1) is 0 Å². The second-order valence-corrected chi connectivity index (χ2v) is 5.77. The molecule has 1 heterocycles. The molecule has 1 aromatic heterocycles. The maximum atomic E-state index is 10.9. The van der Waals surface area contributed by atoms with Crippen LogP contribution in [-0.2, 0) is 9.84 Å². The Bertz CT molecular complexity index is 501. The normalized spacial score (nSPS) is 11.1. The number of aromatic nitrogens is 2. The summed E-state index contributed by atoms with van der Waals surface area (Å²) >= 11 is 0. The molecular formula is C9H13N3O4S. The van der Waals surface area contributed by atoms with Crippen LogP contribution in [-0.4, -0.2) is 48.2 Å². The summed E-state index contributed by atoms with van der Waals surface area (Å²) in [6.07, 6.45) is 2.82. The van der Waals surface area contributed by atoms with Crippen molar-refractivity contribution in [3.8, 4) is 0 Å². The number of hydrogen-bond donors (Lipinski definition) is 2. The van der Waals surface area contributed by atoms with Gasteiger partial charge in [0.05, 0.1) is 11.9 Å². The number of nitrogens with zero attached hydrogens (tertiary/aromatic N) is 2. The van der Waals surface area contributed by atoms with Gasteiger partial charge in [0.25, 0.3) is 0 Å². The summed E-state index contributed by atoms with van der Waals surface area (Å²) in [6, 6.07) is 1.33. The highest BCUT2D eigenvalue weighted by Gasteiger charge is 2.10. The number of sulfone groups is 1. The molecule has 0 amide bonds. The quantitative estimate of drug-likeness (QED) is 0.693. The lowest BCUT2D eigenvalue weighted by Crippen LogP contribution is -2.13. The Morgan fingerprint density at radius 1 is 1.53 bits per heavy atom. The fraction of sp³-hybridized carbons (Fsp3) is 0.444. The Labute approximate surface area is 98.8 Å². The third kappa shape index (κ3) is 4.77. The van der Waals surface area contributed by atoms with Crippen LogP contribution in [0.1, 0.15) is 16.8 Å². The van der Waals surface area contributed by atoms with Gasteiger partial charge in [-0.3, -0.25) is 0 Å². The van der Waals surface area contributed by atoms with E-state index in [1.807, 2.05) is 0 Å². The SMILES string of the molecule is CS(=O)(=O)CCCNc1nnccc1C(=O)O. The summed E-state index contributed by atoms with van der Waals surface area (Å²) in [6.45, 7) is 0.325. The molecular weight excluding hydrogens is 246 g/mol. The monoisotopic (exact) mass is 259 g/mol. The van der Waals surface area contributed by atoms with Gasteiger partial charge in [0.1, 0.15) is 15.4 Å². The summed E-state index contributed by atoms with van der Waals surface area (Å²) in [5.74, 6) is -0.915. The highest BCUT2D eigenvalue weighted by atomic mass is 32.2. The summed E-state index contributed by atoms with van der Waals surface area (Å²) in [4.78, 5) is 10.8. The number of anilines is 1. The van der Waals surface area contributed by atoms with Crippen LogP contribution in [0.5, 0.6) is 0 Å². The van der Waals surface area contributed by atoms with Crippen LogP contribution in [0.3, 0.4) is 0 Å². The minimum absolute atomic E-state index is 0.0133. The predicted octanol–water partition coefficient (Wildman–Crippen LogP) is 0.0214. The van der Waals surface area contributed by atoms with Crippen molar-refractivity contribution in [2.45, 2.75) is 6.42 Å². The first-order valence-electron chi connectivity index (χ1n) is 4.87. The maximum Gasteiger partial charge on any atom is 0.339 e. The summed E-state index contributed by atoms with van der Waals surface area (Å²) in [5, 5.41) is 18.8. The second kappa shape index (κ2) is 5.58. The molecule has 0 atom stereocenters. The van der Waals surface area contributed by atoms with Crippen molar-refractivity contribution in [1.82, 2.24) is 10.2 Å². The molecule has 2 N–H and O–H groups in total. The average Bonchev–Trinajstić information content (AvgIpc) is 2.23. The molecule has 0 aromatic carbocycles. The van der Waals surface area contributed by atoms with E-state index < -0.39 is 15.8 Å². The zero-order valence-electron chi connectivity index (χ0n) is 9.25. The van der Waals surface area contributed by atoms with Crippen molar-refractivity contribution >= 4 is 21.6 Å². The lowest BCUT2D eigenvalue weighted by Gasteiger charge is -2.06. The Morgan fingerprint density at radius 3 is 2.82 bits per heavy atom. The maximum absolute atomic E-state index is 10.9. The fourth-order valence-corrected chi connectivity index (χ4v) is 1.84. The van der Waals surface area contributed by atoms with E-state index in [0.29, 0.717) is 13.0 Å². The summed E-state index contributed by atoms with van der Waals surface area (Å²) < 4.78 is 21.7. The molecule has 0 radical (unpaired) electrons. The minimum Gasteiger partial charge on any atom is -0.478 e. The third-order valence-electron chi connectivity index (χ3n) is 1.94. The molecule has 0 aliphatic rings. The van der Waals surface area contributed by atoms with Crippen molar-refractivity contribution in [2.75, 3.05) is 23.9 Å². The minimum atomic E-state index is -3.00. The van der Waals surface area contributed by atoms with Crippen molar-refractivity contribution in [1.29, 1.82) is 0 Å². The highest BCUT2D eigenvalue weighted by Crippen LogP contribution is 2.09. The van der Waals surface area contributed by atoms with Crippen molar-refractivity contribution < 1.29 is 18.3 Å². The zero-order chi connectivity index (χ0) is 12.9. The Kier molecular flexibility index (Phi) is 4.38. The predicted molar refractivity (Wildman–Crippen MR) is 61.8 cm³/mol.